The lowest BCUT2D eigenvalue weighted by molar-refractivity contribution is 0.0600. The van der Waals surface area contributed by atoms with Gasteiger partial charge in [0.25, 0.3) is 5.91 Å². The van der Waals surface area contributed by atoms with E-state index in [1.807, 2.05) is 4.57 Å². The van der Waals surface area contributed by atoms with Crippen LogP contribution in [0.1, 0.15) is 20.7 Å². The van der Waals surface area contributed by atoms with Crippen LogP contribution in [0.5, 0.6) is 0 Å². The van der Waals surface area contributed by atoms with Crippen molar-refractivity contribution < 1.29 is 23.5 Å². The molecule has 3 rings (SSSR count). The molecular formula is C19H16ClFN2O4S. The number of thiazole rings is 1. The number of hydrogen-bond acceptors (Lipinski definition) is 5. The molecule has 0 unspecified atom stereocenters. The van der Waals surface area contributed by atoms with Gasteiger partial charge in [-0.25, -0.2) is 9.18 Å². The molecular weight excluding hydrogens is 407 g/mol. The van der Waals surface area contributed by atoms with Crippen LogP contribution in [0.4, 0.5) is 4.39 Å². The number of amides is 1. The zero-order valence-electron chi connectivity index (χ0n) is 15.1. The third kappa shape index (κ3) is 4.14. The number of carbonyl (C=O) groups excluding carboxylic acids is 2. The van der Waals surface area contributed by atoms with Crippen LogP contribution in [-0.2, 0) is 16.0 Å². The Morgan fingerprint density at radius 1 is 1.21 bits per heavy atom. The van der Waals surface area contributed by atoms with Crippen LogP contribution < -0.4 is 4.80 Å². The number of nitrogens with zero attached hydrogens (tertiary/aromatic N) is 2. The van der Waals surface area contributed by atoms with Gasteiger partial charge in [0, 0.05) is 13.7 Å². The van der Waals surface area contributed by atoms with Crippen molar-refractivity contribution in [2.75, 3.05) is 20.8 Å². The first-order valence-corrected chi connectivity index (χ1v) is 9.38. The van der Waals surface area contributed by atoms with E-state index in [0.717, 1.165) is 22.3 Å². The number of halogens is 2. The maximum atomic E-state index is 13.2. The lowest BCUT2D eigenvalue weighted by atomic mass is 10.2. The number of hydrogen-bond donors (Lipinski definition) is 0. The molecule has 1 aromatic heterocycles. The summed E-state index contributed by atoms with van der Waals surface area (Å²) in [5.74, 6) is -1.57. The topological polar surface area (TPSA) is 69.9 Å². The van der Waals surface area contributed by atoms with E-state index in [1.54, 1.807) is 25.3 Å². The first kappa shape index (κ1) is 20.2. The van der Waals surface area contributed by atoms with Crippen molar-refractivity contribution in [2.45, 2.75) is 6.54 Å². The molecule has 6 nitrogen and oxygen atoms in total. The van der Waals surface area contributed by atoms with Crippen LogP contribution in [0.25, 0.3) is 10.2 Å². The number of esters is 1. The lowest BCUT2D eigenvalue weighted by Gasteiger charge is -2.05. The van der Waals surface area contributed by atoms with E-state index in [2.05, 4.69) is 4.99 Å². The van der Waals surface area contributed by atoms with Gasteiger partial charge in [-0.1, -0.05) is 22.9 Å². The summed E-state index contributed by atoms with van der Waals surface area (Å²) in [6.45, 7) is 0.862. The standard InChI is InChI=1S/C19H16ClFN2O4S/c1-26-8-7-23-15-6-3-11(18(25)27-2)9-16(15)28-19(23)22-17(24)13-5-4-12(21)10-14(13)20/h3-6,9-10H,7-8H2,1-2H3. The third-order valence-corrected chi connectivity index (χ3v) is 5.34. The summed E-state index contributed by atoms with van der Waals surface area (Å²) < 4.78 is 25.7. The van der Waals surface area contributed by atoms with Gasteiger partial charge < -0.3 is 14.0 Å². The number of aromatic nitrogens is 1. The molecule has 0 radical (unpaired) electrons. The molecule has 0 saturated heterocycles. The van der Waals surface area contributed by atoms with Gasteiger partial charge in [-0.05, 0) is 36.4 Å². The Balaban J connectivity index is 2.13. The molecule has 0 aliphatic rings. The highest BCUT2D eigenvalue weighted by molar-refractivity contribution is 7.16. The first-order chi connectivity index (χ1) is 13.4. The van der Waals surface area contributed by atoms with Gasteiger partial charge in [0.05, 0.1) is 40.1 Å². The Morgan fingerprint density at radius 2 is 2.00 bits per heavy atom. The van der Waals surface area contributed by atoms with Crippen molar-refractivity contribution in [2.24, 2.45) is 4.99 Å². The molecule has 3 aromatic rings. The summed E-state index contributed by atoms with van der Waals surface area (Å²) in [5, 5.41) is -0.00807. The van der Waals surface area contributed by atoms with Crippen molar-refractivity contribution in [1.82, 2.24) is 4.57 Å². The normalized spacial score (nSPS) is 11.8. The fourth-order valence-corrected chi connectivity index (χ4v) is 3.95. The number of methoxy groups -OCH3 is 2. The molecule has 0 aliphatic heterocycles. The smallest absolute Gasteiger partial charge is 0.337 e. The van der Waals surface area contributed by atoms with E-state index in [-0.39, 0.29) is 10.6 Å². The summed E-state index contributed by atoms with van der Waals surface area (Å²) in [5.41, 5.74) is 1.30. The average Bonchev–Trinajstić information content (AvgIpc) is 3.01. The molecule has 9 heteroatoms. The highest BCUT2D eigenvalue weighted by Crippen LogP contribution is 2.21. The third-order valence-electron chi connectivity index (χ3n) is 3.98. The highest BCUT2D eigenvalue weighted by atomic mass is 35.5. The van der Waals surface area contributed by atoms with Crippen LogP contribution in [0.15, 0.2) is 41.4 Å². The molecule has 28 heavy (non-hydrogen) atoms. The molecule has 0 spiro atoms. The van der Waals surface area contributed by atoms with Gasteiger partial charge in [-0.15, -0.1) is 0 Å². The first-order valence-electron chi connectivity index (χ1n) is 8.19. The second-order valence-electron chi connectivity index (χ2n) is 5.74. The highest BCUT2D eigenvalue weighted by Gasteiger charge is 2.14. The van der Waals surface area contributed by atoms with E-state index < -0.39 is 17.7 Å². The van der Waals surface area contributed by atoms with Crippen LogP contribution >= 0.6 is 22.9 Å². The number of benzene rings is 2. The van der Waals surface area contributed by atoms with Crippen molar-refractivity contribution in [3.8, 4) is 0 Å². The van der Waals surface area contributed by atoms with Crippen molar-refractivity contribution >= 4 is 45.0 Å². The number of rotatable bonds is 5. The van der Waals surface area contributed by atoms with Crippen molar-refractivity contribution in [3.05, 3.63) is 63.2 Å². The molecule has 1 amide bonds. The average molecular weight is 423 g/mol. The van der Waals surface area contributed by atoms with E-state index in [1.165, 1.54) is 24.5 Å². The zero-order chi connectivity index (χ0) is 20.3. The van der Waals surface area contributed by atoms with E-state index >= 15 is 0 Å². The minimum Gasteiger partial charge on any atom is -0.465 e. The second-order valence-corrected chi connectivity index (χ2v) is 7.16. The summed E-state index contributed by atoms with van der Waals surface area (Å²) >= 11 is 7.21. The molecule has 0 bridgehead atoms. The minimum atomic E-state index is -0.587. The molecule has 0 atom stereocenters. The van der Waals surface area contributed by atoms with Gasteiger partial charge in [0.2, 0.25) is 0 Å². The van der Waals surface area contributed by atoms with E-state index in [4.69, 9.17) is 21.1 Å². The summed E-state index contributed by atoms with van der Waals surface area (Å²) in [6, 6.07) is 8.61. The minimum absolute atomic E-state index is 0.00807. The Labute approximate surface area is 168 Å². The van der Waals surface area contributed by atoms with E-state index in [9.17, 15) is 14.0 Å². The Morgan fingerprint density at radius 3 is 2.68 bits per heavy atom. The summed E-state index contributed by atoms with van der Waals surface area (Å²) in [6.07, 6.45) is 0. The largest absolute Gasteiger partial charge is 0.465 e. The fourth-order valence-electron chi connectivity index (χ4n) is 2.61. The molecule has 0 N–H and O–H groups in total. The Kier molecular flexibility index (Phi) is 6.23. The summed E-state index contributed by atoms with van der Waals surface area (Å²) in [4.78, 5) is 29.0. The predicted octanol–water partition coefficient (Wildman–Crippen LogP) is 3.67. The molecule has 0 aliphatic carbocycles. The molecule has 0 fully saturated rings. The Bertz CT molecular complexity index is 1120. The van der Waals surface area contributed by atoms with Gasteiger partial charge in [-0.3, -0.25) is 4.79 Å². The van der Waals surface area contributed by atoms with E-state index in [0.29, 0.717) is 23.5 Å². The van der Waals surface area contributed by atoms with Crippen molar-refractivity contribution in [1.29, 1.82) is 0 Å². The summed E-state index contributed by atoms with van der Waals surface area (Å²) in [7, 11) is 2.89. The van der Waals surface area contributed by atoms with Crippen molar-refractivity contribution in [3.63, 3.8) is 0 Å². The van der Waals surface area contributed by atoms with Gasteiger partial charge in [-0.2, -0.15) is 4.99 Å². The van der Waals surface area contributed by atoms with Gasteiger partial charge in [0.15, 0.2) is 4.80 Å². The molecule has 2 aromatic carbocycles. The molecule has 0 saturated carbocycles. The quantitative estimate of drug-likeness (QED) is 0.588. The molecule has 146 valence electrons. The maximum absolute atomic E-state index is 13.2. The lowest BCUT2D eigenvalue weighted by Crippen LogP contribution is -2.19. The number of carbonyl (C=O) groups is 2. The van der Waals surface area contributed by atoms with Crippen LogP contribution in [0, 0.1) is 5.82 Å². The number of ether oxygens (including phenoxy) is 2. The van der Waals surface area contributed by atoms with Gasteiger partial charge >= 0.3 is 5.97 Å². The van der Waals surface area contributed by atoms with Crippen LogP contribution in [0.3, 0.4) is 0 Å². The molecule has 1 heterocycles. The van der Waals surface area contributed by atoms with Crippen LogP contribution in [0.2, 0.25) is 5.02 Å². The zero-order valence-corrected chi connectivity index (χ0v) is 16.6. The second kappa shape index (κ2) is 8.64. The van der Waals surface area contributed by atoms with Gasteiger partial charge in [0.1, 0.15) is 5.82 Å². The monoisotopic (exact) mass is 422 g/mol. The number of fused-ring (bicyclic) bond motifs is 1. The van der Waals surface area contributed by atoms with Crippen LogP contribution in [-0.4, -0.2) is 37.3 Å². The predicted molar refractivity (Wildman–Crippen MR) is 104 cm³/mol. The SMILES string of the molecule is COCCn1c(=NC(=O)c2ccc(F)cc2Cl)sc2cc(C(=O)OC)ccc21. The fraction of sp³-hybridized carbons (Fsp3) is 0.211. The maximum Gasteiger partial charge on any atom is 0.337 e. The Hall–Kier alpha value is -2.55.